The van der Waals surface area contributed by atoms with Crippen LogP contribution in [0.3, 0.4) is 0 Å². The Kier molecular flexibility index (Phi) is 8.13. The van der Waals surface area contributed by atoms with Crippen molar-refractivity contribution >= 4 is 35.4 Å². The fourth-order valence-electron chi connectivity index (χ4n) is 3.20. The summed E-state index contributed by atoms with van der Waals surface area (Å²) in [6, 6.07) is 9.98. The molecule has 5 nitrogen and oxygen atoms in total. The van der Waals surface area contributed by atoms with E-state index in [1.807, 2.05) is 52.6 Å². The Morgan fingerprint density at radius 2 is 1.71 bits per heavy atom. The number of hydrogen-bond acceptors (Lipinski definition) is 3. The van der Waals surface area contributed by atoms with Crippen molar-refractivity contribution in [3.63, 3.8) is 0 Å². The van der Waals surface area contributed by atoms with Gasteiger partial charge in [0.05, 0.1) is 29.3 Å². The van der Waals surface area contributed by atoms with Crippen molar-refractivity contribution in [2.24, 2.45) is 4.99 Å². The molecule has 0 unspecified atom stereocenters. The molecule has 168 valence electrons. The Morgan fingerprint density at radius 3 is 2.26 bits per heavy atom. The molecule has 0 aliphatic carbocycles. The van der Waals surface area contributed by atoms with E-state index in [0.29, 0.717) is 22.9 Å². The predicted molar refractivity (Wildman–Crippen MR) is 131 cm³/mol. The van der Waals surface area contributed by atoms with Gasteiger partial charge in [-0.15, -0.1) is 0 Å². The van der Waals surface area contributed by atoms with Crippen molar-refractivity contribution in [2.45, 2.75) is 60.6 Å². The van der Waals surface area contributed by atoms with Gasteiger partial charge in [0.1, 0.15) is 5.60 Å². The number of halogens is 1. The van der Waals surface area contributed by atoms with Crippen LogP contribution in [0.25, 0.3) is 0 Å². The molecule has 0 aliphatic heterocycles. The number of nitrogens with zero attached hydrogens (tertiary/aromatic N) is 3. The number of aliphatic imine (C=N–C) groups is 1. The fourth-order valence-corrected chi connectivity index (χ4v) is 3.40. The van der Waals surface area contributed by atoms with Gasteiger partial charge in [0.25, 0.3) is 0 Å². The van der Waals surface area contributed by atoms with E-state index >= 15 is 0 Å². The molecule has 31 heavy (non-hydrogen) atoms. The number of carbonyl (C=O) groups excluding carboxylic acids is 1. The molecule has 1 amide bonds. The molecule has 0 N–H and O–H groups in total. The quantitative estimate of drug-likeness (QED) is 0.363. The number of aryl methyl sites for hydroxylation is 3. The Hall–Kier alpha value is -2.53. The third kappa shape index (κ3) is 7.28. The van der Waals surface area contributed by atoms with Gasteiger partial charge in [-0.2, -0.15) is 0 Å². The van der Waals surface area contributed by atoms with E-state index in [-0.39, 0.29) is 0 Å². The van der Waals surface area contributed by atoms with E-state index in [1.54, 1.807) is 17.3 Å². The van der Waals surface area contributed by atoms with E-state index in [1.165, 1.54) is 0 Å². The Balaban J connectivity index is 2.48. The van der Waals surface area contributed by atoms with Gasteiger partial charge in [-0.05, 0) is 71.7 Å². The number of ether oxygens (including phenoxy) is 1. The Labute approximate surface area is 191 Å². The maximum atomic E-state index is 13.2. The first-order valence-electron chi connectivity index (χ1n) is 10.5. The number of benzene rings is 2. The highest BCUT2D eigenvalue weighted by molar-refractivity contribution is 6.33. The Morgan fingerprint density at radius 1 is 1.10 bits per heavy atom. The summed E-state index contributed by atoms with van der Waals surface area (Å²) in [6.07, 6.45) is 1.34. The van der Waals surface area contributed by atoms with Crippen LogP contribution in [0.5, 0.6) is 0 Å². The van der Waals surface area contributed by atoms with Crippen molar-refractivity contribution in [1.82, 2.24) is 4.90 Å². The van der Waals surface area contributed by atoms with Crippen LogP contribution in [0.15, 0.2) is 35.3 Å². The first-order chi connectivity index (χ1) is 14.4. The van der Waals surface area contributed by atoms with Gasteiger partial charge in [-0.25, -0.2) is 9.79 Å². The largest absolute Gasteiger partial charge is 0.443 e. The van der Waals surface area contributed by atoms with Gasteiger partial charge >= 0.3 is 6.09 Å². The van der Waals surface area contributed by atoms with Gasteiger partial charge in [0.15, 0.2) is 0 Å². The molecule has 0 atom stereocenters. The maximum absolute atomic E-state index is 13.2. The van der Waals surface area contributed by atoms with E-state index < -0.39 is 11.7 Å². The normalized spacial score (nSPS) is 11.6. The topological polar surface area (TPSA) is 45.1 Å². The Bertz CT molecular complexity index is 944. The second kappa shape index (κ2) is 10.2. The van der Waals surface area contributed by atoms with Crippen molar-refractivity contribution in [3.8, 4) is 0 Å². The van der Waals surface area contributed by atoms with Crippen molar-refractivity contribution < 1.29 is 9.53 Å². The number of amides is 1. The standard InChI is InChI=1S/C25H34ClN3O2/c1-9-28(8)16-27-22-13-19(4)23(14-21(22)26)29(24(30)31-25(5,6)7)15-20-11-17(2)10-18(3)12-20/h10-14,16H,9,15H2,1-8H3. The summed E-state index contributed by atoms with van der Waals surface area (Å²) in [5.74, 6) is 0. The summed E-state index contributed by atoms with van der Waals surface area (Å²) in [4.78, 5) is 21.3. The first kappa shape index (κ1) is 24.7. The van der Waals surface area contributed by atoms with Gasteiger partial charge < -0.3 is 9.64 Å². The van der Waals surface area contributed by atoms with Gasteiger partial charge in [-0.1, -0.05) is 40.9 Å². The van der Waals surface area contributed by atoms with E-state index in [0.717, 1.165) is 28.8 Å². The molecule has 0 heterocycles. The van der Waals surface area contributed by atoms with Crippen LogP contribution in [-0.4, -0.2) is 36.5 Å². The zero-order valence-corrected chi connectivity index (χ0v) is 20.7. The van der Waals surface area contributed by atoms with Crippen LogP contribution in [0, 0.1) is 20.8 Å². The third-order valence-electron chi connectivity index (χ3n) is 4.68. The highest BCUT2D eigenvalue weighted by atomic mass is 35.5. The SMILES string of the molecule is CCN(C)C=Nc1cc(C)c(N(Cc2cc(C)cc(C)c2)C(=O)OC(C)(C)C)cc1Cl. The monoisotopic (exact) mass is 443 g/mol. The maximum Gasteiger partial charge on any atom is 0.415 e. The zero-order chi connectivity index (χ0) is 23.3. The van der Waals surface area contributed by atoms with Gasteiger partial charge in [-0.3, -0.25) is 4.90 Å². The summed E-state index contributed by atoms with van der Waals surface area (Å²) in [5, 5.41) is 0.482. The van der Waals surface area contributed by atoms with E-state index in [2.05, 4.69) is 37.0 Å². The van der Waals surface area contributed by atoms with Crippen LogP contribution in [0.1, 0.15) is 49.9 Å². The molecule has 0 saturated carbocycles. The summed E-state index contributed by atoms with van der Waals surface area (Å²) >= 11 is 6.55. The molecule has 0 aliphatic rings. The molecule has 0 saturated heterocycles. The molecule has 2 aromatic rings. The molecule has 0 spiro atoms. The number of anilines is 1. The molecule has 0 fully saturated rings. The highest BCUT2D eigenvalue weighted by Crippen LogP contribution is 2.34. The second-order valence-electron chi connectivity index (χ2n) is 8.97. The van der Waals surface area contributed by atoms with Crippen LogP contribution in [-0.2, 0) is 11.3 Å². The molecule has 0 bridgehead atoms. The van der Waals surface area contributed by atoms with Crippen LogP contribution in [0.2, 0.25) is 5.02 Å². The number of hydrogen-bond donors (Lipinski definition) is 0. The van der Waals surface area contributed by atoms with Gasteiger partial charge in [0.2, 0.25) is 0 Å². The number of rotatable bonds is 6. The minimum Gasteiger partial charge on any atom is -0.443 e. The summed E-state index contributed by atoms with van der Waals surface area (Å²) in [6.45, 7) is 14.9. The smallest absolute Gasteiger partial charge is 0.415 e. The summed E-state index contributed by atoms with van der Waals surface area (Å²) < 4.78 is 5.71. The van der Waals surface area contributed by atoms with Crippen molar-refractivity contribution in [3.05, 3.63) is 57.6 Å². The second-order valence-corrected chi connectivity index (χ2v) is 9.38. The van der Waals surface area contributed by atoms with Crippen molar-refractivity contribution in [1.29, 1.82) is 0 Å². The minimum atomic E-state index is -0.607. The molecule has 2 aromatic carbocycles. The fraction of sp³-hybridized carbons (Fsp3) is 0.440. The predicted octanol–water partition coefficient (Wildman–Crippen LogP) is 6.82. The average molecular weight is 444 g/mol. The van der Waals surface area contributed by atoms with E-state index in [4.69, 9.17) is 16.3 Å². The lowest BCUT2D eigenvalue weighted by Gasteiger charge is -2.29. The molecular formula is C25H34ClN3O2. The first-order valence-corrected chi connectivity index (χ1v) is 10.9. The third-order valence-corrected chi connectivity index (χ3v) is 4.99. The molecular weight excluding hydrogens is 410 g/mol. The lowest BCUT2D eigenvalue weighted by Crippen LogP contribution is -2.37. The lowest BCUT2D eigenvalue weighted by atomic mass is 10.1. The summed E-state index contributed by atoms with van der Waals surface area (Å²) in [7, 11) is 1.95. The molecule has 0 aromatic heterocycles. The van der Waals surface area contributed by atoms with Crippen molar-refractivity contribution in [2.75, 3.05) is 18.5 Å². The zero-order valence-electron chi connectivity index (χ0n) is 19.9. The summed E-state index contributed by atoms with van der Waals surface area (Å²) in [5.41, 5.74) is 5.00. The molecule has 2 rings (SSSR count). The average Bonchev–Trinajstić information content (AvgIpc) is 2.64. The minimum absolute atomic E-state index is 0.385. The van der Waals surface area contributed by atoms with Crippen LogP contribution >= 0.6 is 11.6 Å². The van der Waals surface area contributed by atoms with E-state index in [9.17, 15) is 4.79 Å². The van der Waals surface area contributed by atoms with Crippen LogP contribution < -0.4 is 4.90 Å². The highest BCUT2D eigenvalue weighted by Gasteiger charge is 2.25. The molecule has 6 heteroatoms. The number of carbonyl (C=O) groups is 1. The lowest BCUT2D eigenvalue weighted by molar-refractivity contribution is 0.0577. The van der Waals surface area contributed by atoms with Gasteiger partial charge in [0, 0.05) is 13.6 Å². The van der Waals surface area contributed by atoms with Crippen LogP contribution in [0.4, 0.5) is 16.2 Å². The molecule has 0 radical (unpaired) electrons.